The number of nitrogens with zero attached hydrogens (tertiary/aromatic N) is 2. The van der Waals surface area contributed by atoms with Crippen LogP contribution in [0.1, 0.15) is 21.8 Å². The molecule has 0 unspecified atom stereocenters. The van der Waals surface area contributed by atoms with E-state index in [1.54, 1.807) is 48.7 Å². The van der Waals surface area contributed by atoms with Crippen LogP contribution in [0.3, 0.4) is 0 Å². The first kappa shape index (κ1) is 16.7. The molecule has 0 fully saturated rings. The number of nitrogens with one attached hydrogen (secondary N) is 1. The van der Waals surface area contributed by atoms with Crippen LogP contribution in [0.25, 0.3) is 11.5 Å². The Morgan fingerprint density at radius 1 is 1.12 bits per heavy atom. The Hall–Kier alpha value is -3.16. The Kier molecular flexibility index (Phi) is 4.51. The second-order valence-electron chi connectivity index (χ2n) is 5.10. The van der Waals surface area contributed by atoms with Gasteiger partial charge in [0, 0.05) is 24.5 Å². The van der Waals surface area contributed by atoms with Crippen LogP contribution in [-0.4, -0.2) is 15.9 Å². The van der Waals surface area contributed by atoms with E-state index < -0.39 is 23.5 Å². The molecular formula is C17H12F3N3O2. The summed E-state index contributed by atoms with van der Waals surface area (Å²) in [7, 11) is 0. The molecule has 0 aliphatic heterocycles. The monoisotopic (exact) mass is 347 g/mol. The number of amides is 1. The van der Waals surface area contributed by atoms with Crippen LogP contribution in [0.15, 0.2) is 59.3 Å². The summed E-state index contributed by atoms with van der Waals surface area (Å²) in [5.41, 5.74) is 0.200. The molecule has 0 saturated heterocycles. The third-order valence-corrected chi connectivity index (χ3v) is 3.30. The summed E-state index contributed by atoms with van der Waals surface area (Å²) >= 11 is 0. The number of aromatic nitrogens is 2. The van der Waals surface area contributed by atoms with Gasteiger partial charge in [0.2, 0.25) is 11.7 Å². The first-order valence-corrected chi connectivity index (χ1v) is 7.25. The van der Waals surface area contributed by atoms with Gasteiger partial charge in [0.1, 0.15) is 0 Å². The second kappa shape index (κ2) is 6.76. The van der Waals surface area contributed by atoms with Gasteiger partial charge in [-0.1, -0.05) is 24.3 Å². The third kappa shape index (κ3) is 3.85. The van der Waals surface area contributed by atoms with Crippen LogP contribution in [0.2, 0.25) is 0 Å². The number of hydrogen-bond donors (Lipinski definition) is 1. The normalized spacial score (nSPS) is 11.3. The maximum Gasteiger partial charge on any atom is 0.452 e. The number of carbonyl (C=O) groups excluding carboxylic acids is 1. The highest BCUT2D eigenvalue weighted by atomic mass is 19.4. The molecule has 2 aromatic heterocycles. The molecule has 0 aliphatic carbocycles. The lowest BCUT2D eigenvalue weighted by Gasteiger charge is -2.06. The van der Waals surface area contributed by atoms with Gasteiger partial charge in [-0.2, -0.15) is 13.2 Å². The lowest BCUT2D eigenvalue weighted by molar-refractivity contribution is -0.153. The molecule has 2 heterocycles. The molecule has 0 aliphatic rings. The Labute approximate surface area is 140 Å². The van der Waals surface area contributed by atoms with Gasteiger partial charge in [-0.15, -0.1) is 0 Å². The number of carbonyl (C=O) groups is 1. The number of hydrogen-bond acceptors (Lipinski definition) is 4. The summed E-state index contributed by atoms with van der Waals surface area (Å²) in [5.74, 6) is -2.66. The van der Waals surface area contributed by atoms with Crippen molar-refractivity contribution < 1.29 is 22.4 Å². The number of rotatable bonds is 4. The summed E-state index contributed by atoms with van der Waals surface area (Å²) in [5, 5.41) is 2.39. The van der Waals surface area contributed by atoms with E-state index in [4.69, 9.17) is 4.42 Å². The molecule has 0 spiro atoms. The van der Waals surface area contributed by atoms with Crippen LogP contribution in [-0.2, 0) is 12.7 Å². The van der Waals surface area contributed by atoms with Crippen molar-refractivity contribution in [3.05, 3.63) is 71.9 Å². The molecule has 0 saturated carbocycles. The lowest BCUT2D eigenvalue weighted by Crippen LogP contribution is -2.25. The fourth-order valence-corrected chi connectivity index (χ4v) is 2.14. The maximum absolute atomic E-state index is 13.2. The zero-order chi connectivity index (χ0) is 17.9. The van der Waals surface area contributed by atoms with Crippen molar-refractivity contribution in [2.45, 2.75) is 12.7 Å². The number of benzene rings is 1. The minimum atomic E-state index is -4.83. The van der Waals surface area contributed by atoms with Crippen LogP contribution in [0, 0.1) is 0 Å². The van der Waals surface area contributed by atoms with Gasteiger partial charge in [0.15, 0.2) is 5.69 Å². The highest BCUT2D eigenvalue weighted by molar-refractivity contribution is 5.93. The van der Waals surface area contributed by atoms with Crippen molar-refractivity contribution in [2.24, 2.45) is 0 Å². The van der Waals surface area contributed by atoms with Gasteiger partial charge in [0.25, 0.3) is 5.91 Å². The van der Waals surface area contributed by atoms with Gasteiger partial charge in [0.05, 0.1) is 0 Å². The third-order valence-electron chi connectivity index (χ3n) is 3.30. The van der Waals surface area contributed by atoms with E-state index in [-0.39, 0.29) is 12.4 Å². The van der Waals surface area contributed by atoms with Crippen LogP contribution >= 0.6 is 0 Å². The van der Waals surface area contributed by atoms with Gasteiger partial charge in [-0.05, 0) is 23.8 Å². The molecule has 1 N–H and O–H groups in total. The zero-order valence-electron chi connectivity index (χ0n) is 12.7. The SMILES string of the molecule is O=C(NCc1cccnc1)c1nc(-c2ccccc2)oc1C(F)(F)F. The zero-order valence-corrected chi connectivity index (χ0v) is 12.7. The van der Waals surface area contributed by atoms with Crippen molar-refractivity contribution in [3.8, 4) is 11.5 Å². The Balaban J connectivity index is 1.88. The summed E-state index contributed by atoms with van der Waals surface area (Å²) in [6.07, 6.45) is -1.78. The fourth-order valence-electron chi connectivity index (χ4n) is 2.14. The molecule has 0 radical (unpaired) electrons. The summed E-state index contributed by atoms with van der Waals surface area (Å²) in [6, 6.07) is 11.4. The minimum Gasteiger partial charge on any atom is -0.431 e. The highest BCUT2D eigenvalue weighted by Crippen LogP contribution is 2.35. The Morgan fingerprint density at radius 3 is 2.52 bits per heavy atom. The average Bonchev–Trinajstić information content (AvgIpc) is 3.07. The largest absolute Gasteiger partial charge is 0.452 e. The summed E-state index contributed by atoms with van der Waals surface area (Å²) < 4.78 is 44.4. The predicted octanol–water partition coefficient (Wildman–Crippen LogP) is 3.69. The van der Waals surface area contributed by atoms with Gasteiger partial charge < -0.3 is 9.73 Å². The van der Waals surface area contributed by atoms with Gasteiger partial charge >= 0.3 is 6.18 Å². The van der Waals surface area contributed by atoms with Crippen LogP contribution < -0.4 is 5.32 Å². The van der Waals surface area contributed by atoms with E-state index in [0.717, 1.165) is 0 Å². The highest BCUT2D eigenvalue weighted by Gasteiger charge is 2.41. The van der Waals surface area contributed by atoms with Gasteiger partial charge in [-0.25, -0.2) is 4.98 Å². The van der Waals surface area contributed by atoms with Crippen LogP contribution in [0.5, 0.6) is 0 Å². The van der Waals surface area contributed by atoms with Crippen molar-refractivity contribution >= 4 is 5.91 Å². The average molecular weight is 347 g/mol. The van der Waals surface area contributed by atoms with E-state index in [1.807, 2.05) is 0 Å². The number of halogens is 3. The molecular weight excluding hydrogens is 335 g/mol. The molecule has 0 atom stereocenters. The quantitative estimate of drug-likeness (QED) is 0.782. The second-order valence-corrected chi connectivity index (χ2v) is 5.10. The van der Waals surface area contributed by atoms with Crippen molar-refractivity contribution in [3.63, 3.8) is 0 Å². The summed E-state index contributed by atoms with van der Waals surface area (Å²) in [6.45, 7) is 0.0253. The smallest absolute Gasteiger partial charge is 0.431 e. The maximum atomic E-state index is 13.2. The van der Waals surface area contributed by atoms with E-state index in [2.05, 4.69) is 15.3 Å². The summed E-state index contributed by atoms with van der Waals surface area (Å²) in [4.78, 5) is 19.8. The van der Waals surface area contributed by atoms with E-state index >= 15 is 0 Å². The fraction of sp³-hybridized carbons (Fsp3) is 0.118. The topological polar surface area (TPSA) is 68.0 Å². The molecule has 1 amide bonds. The molecule has 0 bridgehead atoms. The first-order chi connectivity index (χ1) is 11.9. The number of oxazole rings is 1. The van der Waals surface area contributed by atoms with Crippen molar-refractivity contribution in [1.82, 2.24) is 15.3 Å². The molecule has 8 heteroatoms. The standard InChI is InChI=1S/C17H12F3N3O2/c18-17(19,20)14-13(15(24)22-10-11-5-4-8-21-9-11)23-16(25-14)12-6-2-1-3-7-12/h1-9H,10H2,(H,22,24). The van der Waals surface area contributed by atoms with E-state index in [9.17, 15) is 18.0 Å². The molecule has 5 nitrogen and oxygen atoms in total. The minimum absolute atomic E-state index is 0.0253. The molecule has 128 valence electrons. The lowest BCUT2D eigenvalue weighted by atomic mass is 10.2. The van der Waals surface area contributed by atoms with Crippen molar-refractivity contribution in [2.75, 3.05) is 0 Å². The van der Waals surface area contributed by atoms with Crippen molar-refractivity contribution in [1.29, 1.82) is 0 Å². The Morgan fingerprint density at radius 2 is 1.88 bits per heavy atom. The van der Waals surface area contributed by atoms with Crippen LogP contribution in [0.4, 0.5) is 13.2 Å². The number of pyridine rings is 1. The number of alkyl halides is 3. The first-order valence-electron chi connectivity index (χ1n) is 7.25. The Bertz CT molecular complexity index is 862. The van der Waals surface area contributed by atoms with E-state index in [0.29, 0.717) is 11.1 Å². The van der Waals surface area contributed by atoms with E-state index in [1.165, 1.54) is 6.20 Å². The molecule has 25 heavy (non-hydrogen) atoms. The van der Waals surface area contributed by atoms with Gasteiger partial charge in [-0.3, -0.25) is 9.78 Å². The predicted molar refractivity (Wildman–Crippen MR) is 82.3 cm³/mol. The molecule has 1 aromatic carbocycles. The molecule has 3 rings (SSSR count). The molecule has 3 aromatic rings.